The van der Waals surface area contributed by atoms with Crippen molar-refractivity contribution in [1.29, 1.82) is 0 Å². The van der Waals surface area contributed by atoms with Crippen molar-refractivity contribution < 1.29 is 9.53 Å². The van der Waals surface area contributed by atoms with E-state index in [-0.39, 0.29) is 12.0 Å². The Labute approximate surface area is 107 Å². The molecule has 1 aromatic heterocycles. The molecule has 1 aliphatic carbocycles. The molecule has 2 rings (SSSR count). The number of hydrogen-bond acceptors (Lipinski definition) is 4. The molecule has 1 fully saturated rings. The minimum absolute atomic E-state index is 0.171. The first-order chi connectivity index (χ1) is 7.60. The van der Waals surface area contributed by atoms with Gasteiger partial charge in [0.2, 0.25) is 0 Å². The Bertz CT molecular complexity index is 400. The van der Waals surface area contributed by atoms with Gasteiger partial charge in [0.15, 0.2) is 0 Å². The topological polar surface area (TPSA) is 52.3 Å². The summed E-state index contributed by atoms with van der Waals surface area (Å²) in [7, 11) is 1.43. The highest BCUT2D eigenvalue weighted by Crippen LogP contribution is 2.51. The third-order valence-electron chi connectivity index (χ3n) is 3.33. The fourth-order valence-electron chi connectivity index (χ4n) is 2.17. The minimum Gasteiger partial charge on any atom is -0.469 e. The molecule has 0 aliphatic heterocycles. The van der Waals surface area contributed by atoms with Gasteiger partial charge < -0.3 is 10.5 Å². The van der Waals surface area contributed by atoms with Crippen LogP contribution in [0.3, 0.4) is 0 Å². The monoisotopic (exact) mass is 303 g/mol. The van der Waals surface area contributed by atoms with Crippen LogP contribution in [0.25, 0.3) is 0 Å². The maximum absolute atomic E-state index is 11.8. The molecule has 0 saturated heterocycles. The lowest BCUT2D eigenvalue weighted by atomic mass is 9.64. The summed E-state index contributed by atoms with van der Waals surface area (Å²) in [6, 6.07) is 1.74. The van der Waals surface area contributed by atoms with Crippen molar-refractivity contribution in [2.75, 3.05) is 7.11 Å². The van der Waals surface area contributed by atoms with E-state index in [2.05, 4.69) is 15.9 Å². The van der Waals surface area contributed by atoms with Gasteiger partial charge in [-0.25, -0.2) is 0 Å². The summed E-state index contributed by atoms with van der Waals surface area (Å²) in [5.74, 6) is -0.171. The van der Waals surface area contributed by atoms with Gasteiger partial charge in [-0.15, -0.1) is 11.3 Å². The molecule has 1 saturated carbocycles. The van der Waals surface area contributed by atoms with Crippen LogP contribution in [0.15, 0.2) is 15.9 Å². The lowest BCUT2D eigenvalue weighted by molar-refractivity contribution is -0.160. The van der Waals surface area contributed by atoms with Crippen LogP contribution in [0.4, 0.5) is 0 Å². The molecule has 0 bridgehead atoms. The number of methoxy groups -OCH3 is 1. The van der Waals surface area contributed by atoms with Crippen LogP contribution in [-0.2, 0) is 9.53 Å². The van der Waals surface area contributed by atoms with E-state index >= 15 is 0 Å². The number of rotatable bonds is 3. The Morgan fingerprint density at radius 3 is 2.75 bits per heavy atom. The van der Waals surface area contributed by atoms with Crippen molar-refractivity contribution in [1.82, 2.24) is 0 Å². The van der Waals surface area contributed by atoms with Crippen molar-refractivity contribution in [2.45, 2.75) is 25.3 Å². The summed E-state index contributed by atoms with van der Waals surface area (Å²) in [5, 5.41) is 1.98. The number of ether oxygens (including phenoxy) is 1. The molecular formula is C11H14BrNO2S. The van der Waals surface area contributed by atoms with Gasteiger partial charge in [-0.3, -0.25) is 4.79 Å². The maximum atomic E-state index is 11.8. The average Bonchev–Trinajstić information content (AvgIpc) is 2.62. The summed E-state index contributed by atoms with van der Waals surface area (Å²) in [4.78, 5) is 12.9. The SMILES string of the molecule is COC(=O)C1(C(N)c2cc(Br)cs2)CCC1. The van der Waals surface area contributed by atoms with Crippen molar-refractivity contribution in [3.05, 3.63) is 20.8 Å². The molecule has 0 spiro atoms. The number of hydrogen-bond donors (Lipinski definition) is 1. The molecule has 1 atom stereocenters. The highest BCUT2D eigenvalue weighted by molar-refractivity contribution is 9.10. The van der Waals surface area contributed by atoms with Crippen LogP contribution >= 0.6 is 27.3 Å². The van der Waals surface area contributed by atoms with E-state index in [0.717, 1.165) is 28.6 Å². The fraction of sp³-hybridized carbons (Fsp3) is 0.545. The number of esters is 1. The second-order valence-electron chi connectivity index (χ2n) is 4.15. The number of carbonyl (C=O) groups is 1. The Morgan fingerprint density at radius 2 is 2.38 bits per heavy atom. The predicted molar refractivity (Wildman–Crippen MR) is 67.2 cm³/mol. The predicted octanol–water partition coefficient (Wildman–Crippen LogP) is 2.85. The van der Waals surface area contributed by atoms with Crippen LogP contribution in [-0.4, -0.2) is 13.1 Å². The van der Waals surface area contributed by atoms with Gasteiger partial charge in [-0.2, -0.15) is 0 Å². The van der Waals surface area contributed by atoms with Crippen LogP contribution in [0, 0.1) is 5.41 Å². The van der Waals surface area contributed by atoms with Gasteiger partial charge in [0.1, 0.15) is 0 Å². The molecule has 16 heavy (non-hydrogen) atoms. The molecule has 0 aromatic carbocycles. The van der Waals surface area contributed by atoms with Crippen LogP contribution in [0.2, 0.25) is 0 Å². The molecule has 2 N–H and O–H groups in total. The van der Waals surface area contributed by atoms with E-state index in [0.29, 0.717) is 0 Å². The van der Waals surface area contributed by atoms with E-state index in [1.807, 2.05) is 11.4 Å². The Hall–Kier alpha value is -0.390. The first-order valence-corrected chi connectivity index (χ1v) is 6.85. The molecule has 1 heterocycles. The molecule has 0 amide bonds. The van der Waals surface area contributed by atoms with Crippen molar-refractivity contribution in [3.8, 4) is 0 Å². The Morgan fingerprint density at radius 1 is 1.69 bits per heavy atom. The minimum atomic E-state index is -0.487. The van der Waals surface area contributed by atoms with E-state index in [1.165, 1.54) is 7.11 Å². The second-order valence-corrected chi connectivity index (χ2v) is 6.00. The lowest BCUT2D eigenvalue weighted by Gasteiger charge is -2.42. The Balaban J connectivity index is 2.25. The summed E-state index contributed by atoms with van der Waals surface area (Å²) in [5.41, 5.74) is 5.73. The molecular weight excluding hydrogens is 290 g/mol. The first kappa shape index (κ1) is 12.1. The van der Waals surface area contributed by atoms with Crippen LogP contribution in [0.1, 0.15) is 30.2 Å². The molecule has 1 unspecified atom stereocenters. The number of thiophene rings is 1. The highest BCUT2D eigenvalue weighted by atomic mass is 79.9. The fourth-order valence-corrected chi connectivity index (χ4v) is 3.73. The maximum Gasteiger partial charge on any atom is 0.313 e. The van der Waals surface area contributed by atoms with Gasteiger partial charge in [0.25, 0.3) is 0 Å². The summed E-state index contributed by atoms with van der Waals surface area (Å²) in [6.07, 6.45) is 2.71. The quantitative estimate of drug-likeness (QED) is 0.874. The Kier molecular flexibility index (Phi) is 3.37. The van der Waals surface area contributed by atoms with Gasteiger partial charge >= 0.3 is 5.97 Å². The smallest absolute Gasteiger partial charge is 0.313 e. The normalized spacial score (nSPS) is 19.9. The average molecular weight is 304 g/mol. The molecule has 0 radical (unpaired) electrons. The molecule has 88 valence electrons. The number of nitrogens with two attached hydrogens (primary N) is 1. The molecule has 1 aliphatic rings. The van der Waals surface area contributed by atoms with E-state index in [1.54, 1.807) is 11.3 Å². The van der Waals surface area contributed by atoms with E-state index in [9.17, 15) is 4.79 Å². The standard InChI is InChI=1S/C11H14BrNO2S/c1-15-10(14)11(3-2-4-11)9(13)8-5-7(12)6-16-8/h5-6,9H,2-4,13H2,1H3. The van der Waals surface area contributed by atoms with Gasteiger partial charge in [-0.05, 0) is 34.8 Å². The van der Waals surface area contributed by atoms with Crippen molar-refractivity contribution in [3.63, 3.8) is 0 Å². The van der Waals surface area contributed by atoms with E-state index < -0.39 is 5.41 Å². The lowest BCUT2D eigenvalue weighted by Crippen LogP contribution is -2.47. The number of carbonyl (C=O) groups excluding carboxylic acids is 1. The van der Waals surface area contributed by atoms with Crippen LogP contribution < -0.4 is 5.73 Å². The van der Waals surface area contributed by atoms with Gasteiger partial charge in [0, 0.05) is 14.7 Å². The molecule has 5 heteroatoms. The summed E-state index contributed by atoms with van der Waals surface area (Å²) in [6.45, 7) is 0. The second kappa shape index (κ2) is 4.47. The van der Waals surface area contributed by atoms with E-state index in [4.69, 9.17) is 10.5 Å². The van der Waals surface area contributed by atoms with Crippen LogP contribution in [0.5, 0.6) is 0 Å². The van der Waals surface area contributed by atoms with Crippen molar-refractivity contribution >= 4 is 33.2 Å². The highest BCUT2D eigenvalue weighted by Gasteiger charge is 2.50. The zero-order valence-corrected chi connectivity index (χ0v) is 11.4. The third-order valence-corrected chi connectivity index (χ3v) is 5.10. The zero-order valence-electron chi connectivity index (χ0n) is 9.03. The molecule has 1 aromatic rings. The van der Waals surface area contributed by atoms with Gasteiger partial charge in [-0.1, -0.05) is 6.42 Å². The summed E-state index contributed by atoms with van der Waals surface area (Å²) >= 11 is 4.98. The largest absolute Gasteiger partial charge is 0.469 e. The zero-order chi connectivity index (χ0) is 11.8. The summed E-state index contributed by atoms with van der Waals surface area (Å²) < 4.78 is 5.90. The van der Waals surface area contributed by atoms with Gasteiger partial charge in [0.05, 0.1) is 18.6 Å². The molecule has 3 nitrogen and oxygen atoms in total. The number of halogens is 1. The third kappa shape index (κ3) is 1.81. The van der Waals surface area contributed by atoms with Crippen molar-refractivity contribution in [2.24, 2.45) is 11.1 Å². The first-order valence-electron chi connectivity index (χ1n) is 5.18.